The smallest absolute Gasteiger partial charge is 0.270 e. The number of amides is 1. The highest BCUT2D eigenvalue weighted by Crippen LogP contribution is 2.13. The van der Waals surface area contributed by atoms with Gasteiger partial charge in [0.1, 0.15) is 17.8 Å². The molecule has 0 saturated carbocycles. The topological polar surface area (TPSA) is 72.7 Å². The zero-order chi connectivity index (χ0) is 17.1. The predicted octanol–water partition coefficient (Wildman–Crippen LogP) is 2.75. The zero-order valence-electron chi connectivity index (χ0n) is 13.3. The summed E-state index contributed by atoms with van der Waals surface area (Å²) in [5, 5.41) is 3.92. The number of nitrogens with zero attached hydrogens (tertiary/aromatic N) is 4. The normalized spacial score (nSPS) is 10.7. The fraction of sp³-hybridized carbons (Fsp3) is 0.0526. The molecule has 3 aromatic heterocycles. The van der Waals surface area contributed by atoms with Gasteiger partial charge in [0.25, 0.3) is 5.91 Å². The van der Waals surface area contributed by atoms with Gasteiger partial charge in [-0.25, -0.2) is 15.0 Å². The highest BCUT2D eigenvalue weighted by atomic mass is 16.1. The molecule has 0 aliphatic heterocycles. The van der Waals surface area contributed by atoms with Gasteiger partial charge < -0.3 is 5.32 Å². The Bertz CT molecular complexity index is 1030. The number of hydrogen-bond donors (Lipinski definition) is 1. The van der Waals surface area contributed by atoms with Crippen LogP contribution in [0.1, 0.15) is 16.1 Å². The molecule has 1 N–H and O–H groups in total. The molecule has 1 aromatic carbocycles. The van der Waals surface area contributed by atoms with Crippen molar-refractivity contribution in [2.75, 3.05) is 0 Å². The Morgan fingerprint density at radius 2 is 1.96 bits per heavy atom. The lowest BCUT2D eigenvalue weighted by Gasteiger charge is -2.10. The van der Waals surface area contributed by atoms with Crippen LogP contribution in [-0.4, -0.2) is 25.4 Å². The van der Waals surface area contributed by atoms with Crippen LogP contribution in [0.5, 0.6) is 0 Å². The molecule has 6 heteroatoms. The number of carbonyl (C=O) groups excluding carboxylic acids is 1. The highest BCUT2D eigenvalue weighted by Gasteiger charge is 2.10. The fourth-order valence-electron chi connectivity index (χ4n) is 2.64. The number of rotatable bonds is 4. The number of hydrogen-bond acceptors (Lipinski definition) is 4. The third-order valence-corrected chi connectivity index (χ3v) is 3.89. The van der Waals surface area contributed by atoms with E-state index in [9.17, 15) is 4.79 Å². The van der Waals surface area contributed by atoms with Gasteiger partial charge >= 0.3 is 0 Å². The van der Waals surface area contributed by atoms with Crippen LogP contribution in [0.25, 0.3) is 16.7 Å². The first-order valence-electron chi connectivity index (χ1n) is 7.87. The number of pyridine rings is 2. The second-order valence-corrected chi connectivity index (χ2v) is 5.53. The average molecular weight is 329 g/mol. The number of imidazole rings is 1. The van der Waals surface area contributed by atoms with E-state index in [1.807, 2.05) is 53.2 Å². The third kappa shape index (κ3) is 3.10. The van der Waals surface area contributed by atoms with Gasteiger partial charge in [0.15, 0.2) is 0 Å². The van der Waals surface area contributed by atoms with Gasteiger partial charge in [-0.3, -0.25) is 9.36 Å². The molecule has 0 atom stereocenters. The summed E-state index contributed by atoms with van der Waals surface area (Å²) >= 11 is 0. The van der Waals surface area contributed by atoms with Gasteiger partial charge in [-0.15, -0.1) is 0 Å². The molecule has 6 nitrogen and oxygen atoms in total. The number of nitrogens with one attached hydrogen (secondary N) is 1. The monoisotopic (exact) mass is 329 g/mol. The molecule has 0 unspecified atom stereocenters. The van der Waals surface area contributed by atoms with Crippen molar-refractivity contribution >= 4 is 16.8 Å². The average Bonchev–Trinajstić information content (AvgIpc) is 3.20. The van der Waals surface area contributed by atoms with E-state index in [0.29, 0.717) is 12.2 Å². The van der Waals surface area contributed by atoms with Crippen molar-refractivity contribution in [3.63, 3.8) is 0 Å². The van der Waals surface area contributed by atoms with Gasteiger partial charge in [-0.2, -0.15) is 0 Å². The summed E-state index contributed by atoms with van der Waals surface area (Å²) in [6.45, 7) is 0.356. The molecule has 0 aliphatic rings. The molecule has 4 aromatic rings. The van der Waals surface area contributed by atoms with Crippen molar-refractivity contribution in [1.29, 1.82) is 0 Å². The van der Waals surface area contributed by atoms with Gasteiger partial charge in [0.05, 0.1) is 5.52 Å². The molecule has 0 radical (unpaired) electrons. The Morgan fingerprint density at radius 1 is 1.04 bits per heavy atom. The number of benzene rings is 1. The first-order chi connectivity index (χ1) is 12.3. The summed E-state index contributed by atoms with van der Waals surface area (Å²) in [4.78, 5) is 25.3. The Hall–Kier alpha value is -3.54. The molecule has 1 amide bonds. The van der Waals surface area contributed by atoms with Crippen molar-refractivity contribution in [2.24, 2.45) is 0 Å². The van der Waals surface area contributed by atoms with Crippen LogP contribution >= 0.6 is 0 Å². The van der Waals surface area contributed by atoms with E-state index in [2.05, 4.69) is 20.3 Å². The molecule has 0 bridgehead atoms. The molecular formula is C19H15N5O. The summed E-state index contributed by atoms with van der Waals surface area (Å²) < 4.78 is 1.82. The van der Waals surface area contributed by atoms with E-state index in [0.717, 1.165) is 22.3 Å². The number of fused-ring (bicyclic) bond motifs is 1. The molecule has 122 valence electrons. The zero-order valence-corrected chi connectivity index (χ0v) is 13.3. The van der Waals surface area contributed by atoms with Gasteiger partial charge in [0, 0.05) is 36.1 Å². The van der Waals surface area contributed by atoms with Crippen LogP contribution < -0.4 is 5.32 Å². The second kappa shape index (κ2) is 6.52. The van der Waals surface area contributed by atoms with Crippen molar-refractivity contribution in [3.8, 4) is 5.82 Å². The van der Waals surface area contributed by atoms with Crippen LogP contribution in [0, 0.1) is 0 Å². The van der Waals surface area contributed by atoms with Crippen LogP contribution in [0.15, 0.2) is 73.4 Å². The largest absolute Gasteiger partial charge is 0.346 e. The molecular weight excluding hydrogens is 314 g/mol. The molecule has 25 heavy (non-hydrogen) atoms. The number of carbonyl (C=O) groups is 1. The summed E-state index contributed by atoms with van der Waals surface area (Å²) in [5.41, 5.74) is 2.09. The minimum atomic E-state index is -0.216. The molecule has 4 rings (SSSR count). The van der Waals surface area contributed by atoms with Crippen LogP contribution in [-0.2, 0) is 6.54 Å². The fourth-order valence-corrected chi connectivity index (χ4v) is 2.64. The predicted molar refractivity (Wildman–Crippen MR) is 94.3 cm³/mol. The first kappa shape index (κ1) is 15.0. The van der Waals surface area contributed by atoms with E-state index in [4.69, 9.17) is 0 Å². The minimum absolute atomic E-state index is 0.216. The van der Waals surface area contributed by atoms with Crippen molar-refractivity contribution in [1.82, 2.24) is 24.8 Å². The quantitative estimate of drug-likeness (QED) is 0.625. The maximum atomic E-state index is 12.4. The van der Waals surface area contributed by atoms with Crippen molar-refractivity contribution in [2.45, 2.75) is 6.54 Å². The van der Waals surface area contributed by atoms with E-state index in [-0.39, 0.29) is 5.91 Å². The number of para-hydroxylation sites is 1. The van der Waals surface area contributed by atoms with E-state index >= 15 is 0 Å². The summed E-state index contributed by atoms with van der Waals surface area (Å²) in [6.07, 6.45) is 6.90. The van der Waals surface area contributed by atoms with Crippen LogP contribution in [0.2, 0.25) is 0 Å². The third-order valence-electron chi connectivity index (χ3n) is 3.89. The summed E-state index contributed by atoms with van der Waals surface area (Å²) in [5.74, 6) is 0.526. The van der Waals surface area contributed by atoms with Gasteiger partial charge in [-0.1, -0.05) is 30.3 Å². The highest BCUT2D eigenvalue weighted by molar-refractivity contribution is 5.94. The van der Waals surface area contributed by atoms with Crippen molar-refractivity contribution in [3.05, 3.63) is 84.7 Å². The SMILES string of the molecule is O=C(NCc1cccnc1-n1ccnc1)c1ccc2ccccc2n1. The lowest BCUT2D eigenvalue weighted by atomic mass is 10.2. The summed E-state index contributed by atoms with van der Waals surface area (Å²) in [7, 11) is 0. The molecule has 0 saturated heterocycles. The van der Waals surface area contributed by atoms with E-state index in [1.54, 1.807) is 24.8 Å². The number of aromatic nitrogens is 4. The lowest BCUT2D eigenvalue weighted by molar-refractivity contribution is 0.0946. The Labute approximate surface area is 144 Å². The Morgan fingerprint density at radius 3 is 2.84 bits per heavy atom. The second-order valence-electron chi connectivity index (χ2n) is 5.53. The first-order valence-corrected chi connectivity index (χ1v) is 7.87. The minimum Gasteiger partial charge on any atom is -0.346 e. The maximum absolute atomic E-state index is 12.4. The summed E-state index contributed by atoms with van der Waals surface area (Å²) in [6, 6.07) is 15.1. The maximum Gasteiger partial charge on any atom is 0.270 e. The standard InChI is InChI=1S/C19H15N5O/c25-19(17-8-7-14-4-1-2-6-16(14)23-17)22-12-15-5-3-9-21-18(15)24-11-10-20-13-24/h1-11,13H,12H2,(H,22,25). The Kier molecular flexibility index (Phi) is 3.92. The molecule has 0 spiro atoms. The lowest BCUT2D eigenvalue weighted by Crippen LogP contribution is -2.24. The van der Waals surface area contributed by atoms with Crippen LogP contribution in [0.3, 0.4) is 0 Å². The van der Waals surface area contributed by atoms with Crippen LogP contribution in [0.4, 0.5) is 0 Å². The van der Waals surface area contributed by atoms with E-state index < -0.39 is 0 Å². The molecule has 3 heterocycles. The van der Waals surface area contributed by atoms with E-state index in [1.165, 1.54) is 0 Å². The van der Waals surface area contributed by atoms with Gasteiger partial charge in [0.2, 0.25) is 0 Å². The Balaban J connectivity index is 1.54. The van der Waals surface area contributed by atoms with Crippen molar-refractivity contribution < 1.29 is 4.79 Å². The van der Waals surface area contributed by atoms with Gasteiger partial charge in [-0.05, 0) is 18.2 Å². The molecule has 0 fully saturated rings. The molecule has 0 aliphatic carbocycles.